The van der Waals surface area contributed by atoms with Gasteiger partial charge in [-0.25, -0.2) is 0 Å². The second-order valence-electron chi connectivity index (χ2n) is 3.51. The minimum Gasteiger partial charge on any atom is -0.398 e. The normalized spacial score (nSPS) is 9.53. The molecule has 0 bridgehead atoms. The zero-order valence-electron chi connectivity index (χ0n) is 9.53. The first-order chi connectivity index (χ1) is 7.93. The predicted molar refractivity (Wildman–Crippen MR) is 64.8 cm³/mol. The summed E-state index contributed by atoms with van der Waals surface area (Å²) < 4.78 is 0. The van der Waals surface area contributed by atoms with Gasteiger partial charge >= 0.3 is 0 Å². The van der Waals surface area contributed by atoms with E-state index >= 15 is 0 Å². The average molecular weight is 235 g/mol. The average Bonchev–Trinajstić information content (AvgIpc) is 2.20. The van der Waals surface area contributed by atoms with E-state index < -0.39 is 0 Å². The molecule has 1 aromatic rings. The van der Waals surface area contributed by atoms with Crippen molar-refractivity contribution in [3.05, 3.63) is 17.7 Å². The molecule has 0 aromatic heterocycles. The zero-order chi connectivity index (χ0) is 13.0. The Bertz CT molecular complexity index is 483. The molecule has 0 saturated carbocycles. The van der Waals surface area contributed by atoms with E-state index in [1.54, 1.807) is 0 Å². The monoisotopic (exact) mass is 235 g/mol. The number of carbonyl (C=O) groups is 3. The molecule has 0 atom stereocenters. The molecule has 0 saturated heterocycles. The third-order valence-corrected chi connectivity index (χ3v) is 1.97. The van der Waals surface area contributed by atoms with Crippen LogP contribution in [0.15, 0.2) is 12.1 Å². The highest BCUT2D eigenvalue weighted by Gasteiger charge is 2.10. The maximum Gasteiger partial charge on any atom is 0.221 e. The zero-order valence-corrected chi connectivity index (χ0v) is 9.53. The number of aldehydes is 1. The first kappa shape index (κ1) is 12.7. The van der Waals surface area contributed by atoms with E-state index in [1.165, 1.54) is 26.0 Å². The highest BCUT2D eigenvalue weighted by atomic mass is 16.2. The van der Waals surface area contributed by atoms with Crippen LogP contribution in [0.3, 0.4) is 0 Å². The quantitative estimate of drug-likeness (QED) is 0.537. The van der Waals surface area contributed by atoms with Crippen LogP contribution < -0.4 is 16.4 Å². The minimum atomic E-state index is -0.307. The molecule has 0 fully saturated rings. The summed E-state index contributed by atoms with van der Waals surface area (Å²) in [7, 11) is 0. The van der Waals surface area contributed by atoms with Gasteiger partial charge in [-0.3, -0.25) is 14.4 Å². The fourth-order valence-electron chi connectivity index (χ4n) is 1.32. The van der Waals surface area contributed by atoms with E-state index in [9.17, 15) is 14.4 Å². The summed E-state index contributed by atoms with van der Waals surface area (Å²) in [6, 6.07) is 2.84. The van der Waals surface area contributed by atoms with Crippen LogP contribution in [0.5, 0.6) is 0 Å². The SMILES string of the molecule is CC(=O)Nc1cc(N)c(C=O)cc1NC(C)=O. The third kappa shape index (κ3) is 3.30. The highest BCUT2D eigenvalue weighted by molar-refractivity contribution is 6.01. The van der Waals surface area contributed by atoms with Crippen LogP contribution in [0.4, 0.5) is 17.1 Å². The summed E-state index contributed by atoms with van der Waals surface area (Å²) in [4.78, 5) is 32.7. The summed E-state index contributed by atoms with van der Waals surface area (Å²) in [6.45, 7) is 2.66. The van der Waals surface area contributed by atoms with E-state index in [2.05, 4.69) is 10.6 Å². The number of amides is 2. The first-order valence-corrected chi connectivity index (χ1v) is 4.88. The number of nitrogens with two attached hydrogens (primary N) is 1. The van der Waals surface area contributed by atoms with E-state index in [0.717, 1.165) is 0 Å². The molecule has 6 heteroatoms. The molecule has 17 heavy (non-hydrogen) atoms. The molecule has 1 rings (SSSR count). The molecule has 0 aliphatic rings. The first-order valence-electron chi connectivity index (χ1n) is 4.88. The number of carbonyl (C=O) groups excluding carboxylic acids is 3. The van der Waals surface area contributed by atoms with Gasteiger partial charge in [-0.05, 0) is 12.1 Å². The van der Waals surface area contributed by atoms with Gasteiger partial charge < -0.3 is 16.4 Å². The second-order valence-corrected chi connectivity index (χ2v) is 3.51. The Kier molecular flexibility index (Phi) is 3.82. The summed E-state index contributed by atoms with van der Waals surface area (Å²) in [6.07, 6.45) is 0.582. The van der Waals surface area contributed by atoms with E-state index in [-0.39, 0.29) is 23.1 Å². The fraction of sp³-hybridized carbons (Fsp3) is 0.182. The molecule has 0 aliphatic carbocycles. The fourth-order valence-corrected chi connectivity index (χ4v) is 1.32. The molecular formula is C11H13N3O3. The predicted octanol–water partition coefficient (Wildman–Crippen LogP) is 0.998. The van der Waals surface area contributed by atoms with Crippen LogP contribution in [0, 0.1) is 0 Å². The van der Waals surface area contributed by atoms with E-state index in [0.29, 0.717) is 17.7 Å². The molecule has 90 valence electrons. The molecule has 0 spiro atoms. The van der Waals surface area contributed by atoms with Crippen LogP contribution >= 0.6 is 0 Å². The van der Waals surface area contributed by atoms with Crippen molar-refractivity contribution in [3.63, 3.8) is 0 Å². The lowest BCUT2D eigenvalue weighted by atomic mass is 10.1. The number of anilines is 3. The number of hydrogen-bond acceptors (Lipinski definition) is 4. The number of benzene rings is 1. The van der Waals surface area contributed by atoms with Crippen LogP contribution in [0.25, 0.3) is 0 Å². The summed E-state index contributed by atoms with van der Waals surface area (Å²) in [5, 5.41) is 5.03. The smallest absolute Gasteiger partial charge is 0.221 e. The lowest BCUT2D eigenvalue weighted by molar-refractivity contribution is -0.115. The molecule has 0 unspecified atom stereocenters. The highest BCUT2D eigenvalue weighted by Crippen LogP contribution is 2.27. The summed E-state index contributed by atoms with van der Waals surface area (Å²) >= 11 is 0. The molecule has 0 aliphatic heterocycles. The summed E-state index contributed by atoms with van der Waals surface area (Å²) in [5.41, 5.74) is 6.79. The Morgan fingerprint density at radius 2 is 1.59 bits per heavy atom. The van der Waals surface area contributed by atoms with E-state index in [4.69, 9.17) is 5.73 Å². The Morgan fingerprint density at radius 1 is 1.12 bits per heavy atom. The van der Waals surface area contributed by atoms with Crippen LogP contribution in [-0.4, -0.2) is 18.1 Å². The largest absolute Gasteiger partial charge is 0.398 e. The van der Waals surface area contributed by atoms with Gasteiger partial charge in [0.2, 0.25) is 11.8 Å². The molecule has 0 radical (unpaired) electrons. The Labute approximate surface area is 98.2 Å². The Morgan fingerprint density at radius 3 is 2.00 bits per heavy atom. The summed E-state index contributed by atoms with van der Waals surface area (Å²) in [5.74, 6) is -0.604. The Hall–Kier alpha value is -2.37. The van der Waals surface area contributed by atoms with Crippen LogP contribution in [-0.2, 0) is 9.59 Å². The number of hydrogen-bond donors (Lipinski definition) is 3. The van der Waals surface area contributed by atoms with Gasteiger partial charge in [0.1, 0.15) is 0 Å². The van der Waals surface area contributed by atoms with Gasteiger partial charge in [-0.1, -0.05) is 0 Å². The van der Waals surface area contributed by atoms with Crippen molar-refractivity contribution >= 4 is 35.2 Å². The van der Waals surface area contributed by atoms with Crippen molar-refractivity contribution < 1.29 is 14.4 Å². The molecule has 0 heterocycles. The number of nitrogen functional groups attached to an aromatic ring is 1. The van der Waals surface area contributed by atoms with Crippen molar-refractivity contribution in [3.8, 4) is 0 Å². The minimum absolute atomic E-state index is 0.234. The van der Waals surface area contributed by atoms with Crippen LogP contribution in [0.1, 0.15) is 24.2 Å². The number of nitrogens with one attached hydrogen (secondary N) is 2. The Balaban J connectivity index is 3.24. The van der Waals surface area contributed by atoms with Gasteiger partial charge in [0, 0.05) is 25.1 Å². The molecular weight excluding hydrogens is 222 g/mol. The van der Waals surface area contributed by atoms with Gasteiger partial charge in [0.15, 0.2) is 6.29 Å². The van der Waals surface area contributed by atoms with Crippen molar-refractivity contribution in [1.29, 1.82) is 0 Å². The molecule has 1 aromatic carbocycles. The van der Waals surface area contributed by atoms with Crippen molar-refractivity contribution in [2.45, 2.75) is 13.8 Å². The number of rotatable bonds is 3. The molecule has 4 N–H and O–H groups in total. The van der Waals surface area contributed by atoms with Crippen molar-refractivity contribution in [2.75, 3.05) is 16.4 Å². The van der Waals surface area contributed by atoms with Crippen LogP contribution in [0.2, 0.25) is 0 Å². The van der Waals surface area contributed by atoms with Gasteiger partial charge in [-0.15, -0.1) is 0 Å². The van der Waals surface area contributed by atoms with Crippen molar-refractivity contribution in [2.24, 2.45) is 0 Å². The molecule has 6 nitrogen and oxygen atoms in total. The lowest BCUT2D eigenvalue weighted by Gasteiger charge is -2.12. The van der Waals surface area contributed by atoms with Crippen molar-refractivity contribution in [1.82, 2.24) is 0 Å². The molecule has 2 amide bonds. The third-order valence-electron chi connectivity index (χ3n) is 1.97. The van der Waals surface area contributed by atoms with E-state index in [1.807, 2.05) is 0 Å². The lowest BCUT2D eigenvalue weighted by Crippen LogP contribution is -2.13. The van der Waals surface area contributed by atoms with Gasteiger partial charge in [-0.2, -0.15) is 0 Å². The van der Waals surface area contributed by atoms with Gasteiger partial charge in [0.05, 0.1) is 11.4 Å². The maximum absolute atomic E-state index is 11.0. The standard InChI is InChI=1S/C11H13N3O3/c1-6(16)13-10-3-8(5-15)9(12)4-11(10)14-7(2)17/h3-5H,12H2,1-2H3,(H,13,16)(H,14,17). The van der Waals surface area contributed by atoms with Gasteiger partial charge in [0.25, 0.3) is 0 Å². The topological polar surface area (TPSA) is 101 Å². The second kappa shape index (κ2) is 5.11. The maximum atomic E-state index is 11.0.